The van der Waals surface area contributed by atoms with Crippen LogP contribution in [0.1, 0.15) is 41.3 Å². The van der Waals surface area contributed by atoms with Gasteiger partial charge in [0.1, 0.15) is 5.75 Å². The molecule has 1 aliphatic rings. The Bertz CT molecular complexity index is 491. The van der Waals surface area contributed by atoms with Crippen molar-refractivity contribution < 1.29 is 14.6 Å². The van der Waals surface area contributed by atoms with Crippen LogP contribution in [0.15, 0.2) is 12.1 Å². The third-order valence-corrected chi connectivity index (χ3v) is 3.81. The topological polar surface area (TPSA) is 49.8 Å². The fourth-order valence-corrected chi connectivity index (χ4v) is 2.75. The number of phenolic OH excluding ortho intramolecular Hbond substituents is 1. The summed E-state index contributed by atoms with van der Waals surface area (Å²) in [6.07, 6.45) is 1.99. The number of likely N-dealkylation sites (tertiary alicyclic amines) is 1. The summed E-state index contributed by atoms with van der Waals surface area (Å²) in [5.74, 6) is 0.0248. The Hall–Kier alpha value is -1.55. The fraction of sp³-hybridized carbons (Fsp3) is 0.562. The third kappa shape index (κ3) is 3.12. The van der Waals surface area contributed by atoms with Crippen LogP contribution in [-0.2, 0) is 4.74 Å². The Balaban J connectivity index is 2.09. The van der Waals surface area contributed by atoms with E-state index < -0.39 is 0 Å². The molecular formula is C16H23NO3. The van der Waals surface area contributed by atoms with Crippen LogP contribution in [0, 0.1) is 13.8 Å². The highest BCUT2D eigenvalue weighted by Crippen LogP contribution is 2.26. The number of piperidine rings is 1. The maximum absolute atomic E-state index is 12.5. The molecule has 0 saturated carbocycles. The van der Waals surface area contributed by atoms with Crippen LogP contribution in [-0.4, -0.2) is 41.7 Å². The van der Waals surface area contributed by atoms with Crippen LogP contribution in [0.25, 0.3) is 0 Å². The number of phenols is 1. The van der Waals surface area contributed by atoms with E-state index >= 15 is 0 Å². The highest BCUT2D eigenvalue weighted by molar-refractivity contribution is 5.97. The van der Waals surface area contributed by atoms with Gasteiger partial charge in [0.2, 0.25) is 0 Å². The predicted octanol–water partition coefficient (Wildman–Crippen LogP) is 2.65. The van der Waals surface area contributed by atoms with E-state index in [1.54, 1.807) is 6.07 Å². The molecule has 0 spiro atoms. The van der Waals surface area contributed by atoms with Crippen molar-refractivity contribution in [2.75, 3.05) is 19.7 Å². The van der Waals surface area contributed by atoms with E-state index in [1.165, 1.54) is 0 Å². The average Bonchev–Trinajstić information content (AvgIpc) is 2.43. The van der Waals surface area contributed by atoms with Gasteiger partial charge in [-0.25, -0.2) is 0 Å². The highest BCUT2D eigenvalue weighted by Gasteiger charge is 2.25. The first-order chi connectivity index (χ1) is 9.52. The molecule has 0 radical (unpaired) electrons. The van der Waals surface area contributed by atoms with Gasteiger partial charge in [-0.2, -0.15) is 0 Å². The molecule has 1 saturated heterocycles. The lowest BCUT2D eigenvalue weighted by Gasteiger charge is -2.32. The molecule has 4 heteroatoms. The van der Waals surface area contributed by atoms with Gasteiger partial charge in [-0.05, 0) is 50.8 Å². The van der Waals surface area contributed by atoms with Crippen LogP contribution < -0.4 is 0 Å². The van der Waals surface area contributed by atoms with Crippen LogP contribution >= 0.6 is 0 Å². The second kappa shape index (κ2) is 6.27. The summed E-state index contributed by atoms with van der Waals surface area (Å²) in [6, 6.07) is 3.65. The molecule has 2 rings (SSSR count). The zero-order valence-electron chi connectivity index (χ0n) is 12.5. The summed E-state index contributed by atoms with van der Waals surface area (Å²) in [6.45, 7) is 7.85. The summed E-state index contributed by atoms with van der Waals surface area (Å²) in [5.41, 5.74) is 2.16. The Labute approximate surface area is 120 Å². The molecule has 1 aliphatic heterocycles. The number of hydrogen-bond acceptors (Lipinski definition) is 3. The number of hydrogen-bond donors (Lipinski definition) is 1. The lowest BCUT2D eigenvalue weighted by Crippen LogP contribution is -2.41. The van der Waals surface area contributed by atoms with Gasteiger partial charge in [-0.15, -0.1) is 0 Å². The van der Waals surface area contributed by atoms with Crippen LogP contribution in [0.5, 0.6) is 5.75 Å². The van der Waals surface area contributed by atoms with Gasteiger partial charge in [0.15, 0.2) is 0 Å². The van der Waals surface area contributed by atoms with Gasteiger partial charge >= 0.3 is 0 Å². The number of aromatic hydroxyl groups is 1. The van der Waals surface area contributed by atoms with Crippen molar-refractivity contribution in [1.82, 2.24) is 4.90 Å². The molecule has 0 aromatic heterocycles. The number of nitrogens with zero attached hydrogens (tertiary/aromatic N) is 1. The van der Waals surface area contributed by atoms with Gasteiger partial charge in [0, 0.05) is 19.7 Å². The number of rotatable bonds is 3. The molecule has 1 heterocycles. The Morgan fingerprint density at radius 2 is 2.00 bits per heavy atom. The minimum atomic E-state index is -0.0794. The summed E-state index contributed by atoms with van der Waals surface area (Å²) in [7, 11) is 0. The molecule has 1 N–H and O–H groups in total. The predicted molar refractivity (Wildman–Crippen MR) is 78.1 cm³/mol. The number of carbonyl (C=O) groups is 1. The molecule has 0 bridgehead atoms. The van der Waals surface area contributed by atoms with Crippen molar-refractivity contribution in [3.05, 3.63) is 28.8 Å². The molecule has 4 nitrogen and oxygen atoms in total. The largest absolute Gasteiger partial charge is 0.507 e. The SMILES string of the molecule is CCOC1CCN(C(=O)c2cc(C)cc(C)c2O)CC1. The van der Waals surface area contributed by atoms with E-state index in [-0.39, 0.29) is 17.8 Å². The van der Waals surface area contributed by atoms with E-state index in [0.29, 0.717) is 18.7 Å². The van der Waals surface area contributed by atoms with Crippen molar-refractivity contribution in [2.45, 2.75) is 39.7 Å². The van der Waals surface area contributed by atoms with E-state index in [2.05, 4.69) is 0 Å². The molecule has 1 aromatic rings. The quantitative estimate of drug-likeness (QED) is 0.924. The van der Waals surface area contributed by atoms with Crippen LogP contribution in [0.3, 0.4) is 0 Å². The van der Waals surface area contributed by atoms with Crippen molar-refractivity contribution in [1.29, 1.82) is 0 Å². The van der Waals surface area contributed by atoms with Crippen molar-refractivity contribution in [3.63, 3.8) is 0 Å². The van der Waals surface area contributed by atoms with Gasteiger partial charge < -0.3 is 14.7 Å². The summed E-state index contributed by atoms with van der Waals surface area (Å²) >= 11 is 0. The first kappa shape index (κ1) is 14.9. The van der Waals surface area contributed by atoms with E-state index in [4.69, 9.17) is 4.74 Å². The van der Waals surface area contributed by atoms with Gasteiger partial charge in [-0.1, -0.05) is 6.07 Å². The lowest BCUT2D eigenvalue weighted by atomic mass is 10.0. The van der Waals surface area contributed by atoms with Crippen molar-refractivity contribution >= 4 is 5.91 Å². The van der Waals surface area contributed by atoms with Crippen molar-refractivity contribution in [2.24, 2.45) is 0 Å². The van der Waals surface area contributed by atoms with Crippen LogP contribution in [0.4, 0.5) is 0 Å². The van der Waals surface area contributed by atoms with E-state index in [9.17, 15) is 9.90 Å². The molecule has 110 valence electrons. The van der Waals surface area contributed by atoms with E-state index in [1.807, 2.05) is 31.7 Å². The number of ether oxygens (including phenoxy) is 1. The number of aryl methyl sites for hydroxylation is 2. The van der Waals surface area contributed by atoms with Crippen molar-refractivity contribution in [3.8, 4) is 5.75 Å². The average molecular weight is 277 g/mol. The van der Waals surface area contributed by atoms with Gasteiger partial charge in [-0.3, -0.25) is 4.79 Å². The summed E-state index contributed by atoms with van der Waals surface area (Å²) < 4.78 is 5.59. The standard InChI is InChI=1S/C16H23NO3/c1-4-20-13-5-7-17(8-6-13)16(19)14-10-11(2)9-12(3)15(14)18/h9-10,13,18H,4-8H2,1-3H3. The lowest BCUT2D eigenvalue weighted by molar-refractivity contribution is 0.0145. The zero-order valence-corrected chi connectivity index (χ0v) is 12.5. The minimum Gasteiger partial charge on any atom is -0.507 e. The molecular weight excluding hydrogens is 254 g/mol. The third-order valence-electron chi connectivity index (χ3n) is 3.81. The fourth-order valence-electron chi connectivity index (χ4n) is 2.75. The maximum Gasteiger partial charge on any atom is 0.257 e. The Kier molecular flexibility index (Phi) is 4.65. The smallest absolute Gasteiger partial charge is 0.257 e. The molecule has 0 atom stereocenters. The molecule has 1 fully saturated rings. The maximum atomic E-state index is 12.5. The van der Waals surface area contributed by atoms with E-state index in [0.717, 1.165) is 30.6 Å². The zero-order chi connectivity index (χ0) is 14.7. The summed E-state index contributed by atoms with van der Waals surface area (Å²) in [4.78, 5) is 14.3. The first-order valence-electron chi connectivity index (χ1n) is 7.24. The Morgan fingerprint density at radius 3 is 2.60 bits per heavy atom. The Morgan fingerprint density at radius 1 is 1.35 bits per heavy atom. The molecule has 1 aromatic carbocycles. The van der Waals surface area contributed by atoms with Gasteiger partial charge in [0.25, 0.3) is 5.91 Å². The first-order valence-corrected chi connectivity index (χ1v) is 7.24. The second-order valence-corrected chi connectivity index (χ2v) is 5.42. The minimum absolute atomic E-state index is 0.0794. The molecule has 1 amide bonds. The normalized spacial score (nSPS) is 16.4. The highest BCUT2D eigenvalue weighted by atomic mass is 16.5. The molecule has 20 heavy (non-hydrogen) atoms. The number of amides is 1. The second-order valence-electron chi connectivity index (χ2n) is 5.42. The molecule has 0 aliphatic carbocycles. The monoisotopic (exact) mass is 277 g/mol. The summed E-state index contributed by atoms with van der Waals surface area (Å²) in [5, 5.41) is 10.1. The van der Waals surface area contributed by atoms with Gasteiger partial charge in [0.05, 0.1) is 11.7 Å². The molecule has 0 unspecified atom stereocenters. The van der Waals surface area contributed by atoms with Crippen LogP contribution in [0.2, 0.25) is 0 Å². The number of benzene rings is 1. The number of carbonyl (C=O) groups excluding carboxylic acids is 1.